The number of benzene rings is 1. The molecule has 102 valence electrons. The van der Waals surface area contributed by atoms with Crippen LogP contribution >= 0.6 is 0 Å². The Labute approximate surface area is 117 Å². The van der Waals surface area contributed by atoms with Crippen molar-refractivity contribution in [1.82, 2.24) is 19.7 Å². The van der Waals surface area contributed by atoms with Crippen LogP contribution in [0, 0.1) is 0 Å². The summed E-state index contributed by atoms with van der Waals surface area (Å²) in [6.07, 6.45) is 5.20. The summed E-state index contributed by atoms with van der Waals surface area (Å²) in [4.78, 5) is 18.6. The van der Waals surface area contributed by atoms with E-state index in [1.807, 2.05) is 27.8 Å². The van der Waals surface area contributed by atoms with Crippen LogP contribution in [0.15, 0.2) is 43.0 Å². The third-order valence-corrected chi connectivity index (χ3v) is 4.45. The maximum Gasteiger partial charge on any atom is 0.233 e. The van der Waals surface area contributed by atoms with Crippen molar-refractivity contribution in [2.24, 2.45) is 0 Å². The Hall–Kier alpha value is -2.17. The first-order chi connectivity index (χ1) is 9.79. The van der Waals surface area contributed by atoms with Gasteiger partial charge in [0, 0.05) is 13.1 Å². The summed E-state index contributed by atoms with van der Waals surface area (Å²) in [6.45, 7) is 1.49. The van der Waals surface area contributed by atoms with E-state index < -0.39 is 0 Å². The third kappa shape index (κ3) is 1.66. The number of amides is 1. The van der Waals surface area contributed by atoms with Gasteiger partial charge in [0.05, 0.1) is 11.5 Å². The van der Waals surface area contributed by atoms with Crippen molar-refractivity contribution in [2.45, 2.75) is 24.3 Å². The zero-order chi connectivity index (χ0) is 13.6. The van der Waals surface area contributed by atoms with Crippen LogP contribution in [0.4, 0.5) is 0 Å². The smallest absolute Gasteiger partial charge is 0.233 e. The lowest BCUT2D eigenvalue weighted by Crippen LogP contribution is -2.54. The van der Waals surface area contributed by atoms with Crippen LogP contribution < -0.4 is 0 Å². The molecule has 1 aromatic heterocycles. The second-order valence-corrected chi connectivity index (χ2v) is 5.69. The molecule has 2 aromatic rings. The van der Waals surface area contributed by atoms with E-state index in [9.17, 15) is 4.79 Å². The number of rotatable bonds is 3. The molecule has 5 heteroatoms. The summed E-state index contributed by atoms with van der Waals surface area (Å²) < 4.78 is 1.84. The Balaban J connectivity index is 1.47. The van der Waals surface area contributed by atoms with Crippen molar-refractivity contribution in [3.63, 3.8) is 0 Å². The molecule has 4 rings (SSSR count). The number of nitrogens with zero attached hydrogens (tertiary/aromatic N) is 4. The van der Waals surface area contributed by atoms with Gasteiger partial charge >= 0.3 is 0 Å². The fourth-order valence-electron chi connectivity index (χ4n) is 3.01. The largest absolute Gasteiger partial charge is 0.337 e. The van der Waals surface area contributed by atoms with E-state index in [0.717, 1.165) is 31.5 Å². The number of carbonyl (C=O) groups excluding carboxylic acids is 1. The summed E-state index contributed by atoms with van der Waals surface area (Å²) in [6, 6.07) is 10.4. The molecule has 0 bridgehead atoms. The lowest BCUT2D eigenvalue weighted by molar-refractivity contribution is -0.140. The highest BCUT2D eigenvalue weighted by Crippen LogP contribution is 2.50. The highest BCUT2D eigenvalue weighted by Gasteiger charge is 2.54. The van der Waals surface area contributed by atoms with Crippen LogP contribution in [-0.4, -0.2) is 38.7 Å². The monoisotopic (exact) mass is 268 g/mol. The zero-order valence-electron chi connectivity index (χ0n) is 11.1. The zero-order valence-corrected chi connectivity index (χ0v) is 11.1. The molecule has 2 aliphatic rings. The Bertz CT molecular complexity index is 613. The van der Waals surface area contributed by atoms with Gasteiger partial charge in [0.15, 0.2) is 0 Å². The van der Waals surface area contributed by atoms with Crippen LogP contribution in [-0.2, 0) is 10.2 Å². The molecule has 5 nitrogen and oxygen atoms in total. The Morgan fingerprint density at radius 2 is 1.95 bits per heavy atom. The van der Waals surface area contributed by atoms with Crippen molar-refractivity contribution < 1.29 is 4.79 Å². The minimum absolute atomic E-state index is 0.241. The molecule has 1 aliphatic heterocycles. The predicted molar refractivity (Wildman–Crippen MR) is 73.0 cm³/mol. The normalized spacial score (nSPS) is 20.5. The Kier molecular flexibility index (Phi) is 2.42. The first-order valence-electron chi connectivity index (χ1n) is 6.99. The number of likely N-dealkylation sites (tertiary alicyclic amines) is 1. The second-order valence-electron chi connectivity index (χ2n) is 5.69. The van der Waals surface area contributed by atoms with E-state index >= 15 is 0 Å². The number of carbonyl (C=O) groups is 1. The van der Waals surface area contributed by atoms with Crippen molar-refractivity contribution in [1.29, 1.82) is 0 Å². The number of hydrogen-bond acceptors (Lipinski definition) is 3. The summed E-state index contributed by atoms with van der Waals surface area (Å²) in [5, 5.41) is 4.14. The van der Waals surface area contributed by atoms with Crippen LogP contribution in [0.5, 0.6) is 0 Å². The fourth-order valence-corrected chi connectivity index (χ4v) is 3.01. The van der Waals surface area contributed by atoms with Crippen LogP contribution in [0.3, 0.4) is 0 Å². The maximum absolute atomic E-state index is 12.7. The molecule has 1 saturated carbocycles. The molecule has 1 saturated heterocycles. The highest BCUT2D eigenvalue weighted by molar-refractivity contribution is 5.91. The topological polar surface area (TPSA) is 51.0 Å². The molecule has 1 aromatic carbocycles. The molecule has 20 heavy (non-hydrogen) atoms. The molecule has 0 radical (unpaired) electrons. The van der Waals surface area contributed by atoms with Crippen molar-refractivity contribution in [3.05, 3.63) is 48.5 Å². The van der Waals surface area contributed by atoms with E-state index in [1.54, 1.807) is 6.33 Å². The molecule has 2 fully saturated rings. The molecule has 0 unspecified atom stereocenters. The summed E-state index contributed by atoms with van der Waals surface area (Å²) in [5.41, 5.74) is 0.920. The van der Waals surface area contributed by atoms with E-state index in [4.69, 9.17) is 0 Å². The van der Waals surface area contributed by atoms with E-state index in [1.165, 1.54) is 6.33 Å². The average molecular weight is 268 g/mol. The van der Waals surface area contributed by atoms with Gasteiger partial charge in [-0.1, -0.05) is 30.3 Å². The van der Waals surface area contributed by atoms with Gasteiger partial charge in [0.2, 0.25) is 5.91 Å². The molecular weight excluding hydrogens is 252 g/mol. The molecule has 1 amide bonds. The lowest BCUT2D eigenvalue weighted by atomic mass is 9.92. The number of aromatic nitrogens is 3. The van der Waals surface area contributed by atoms with Gasteiger partial charge in [-0.3, -0.25) is 4.79 Å². The molecule has 0 N–H and O–H groups in total. The molecular formula is C15H16N4O. The van der Waals surface area contributed by atoms with Gasteiger partial charge in [0.25, 0.3) is 0 Å². The quantitative estimate of drug-likeness (QED) is 0.845. The third-order valence-electron chi connectivity index (χ3n) is 4.45. The average Bonchev–Trinajstić information content (AvgIpc) is 3.09. The summed E-state index contributed by atoms with van der Waals surface area (Å²) in [7, 11) is 0. The van der Waals surface area contributed by atoms with Crippen LogP contribution in [0.25, 0.3) is 0 Å². The standard InChI is InChI=1S/C15H16N4O/c20-14(15(6-7-15)12-4-2-1-3-5-12)18-8-13(9-18)19-11-16-10-17-19/h1-5,10-11,13H,6-9H2. The van der Waals surface area contributed by atoms with Gasteiger partial charge in [-0.05, 0) is 18.4 Å². The van der Waals surface area contributed by atoms with Gasteiger partial charge in [-0.25, -0.2) is 9.67 Å². The van der Waals surface area contributed by atoms with E-state index in [2.05, 4.69) is 22.2 Å². The Morgan fingerprint density at radius 3 is 2.55 bits per heavy atom. The molecule has 0 atom stereocenters. The summed E-state index contributed by atoms with van der Waals surface area (Å²) >= 11 is 0. The van der Waals surface area contributed by atoms with Crippen molar-refractivity contribution in [3.8, 4) is 0 Å². The van der Waals surface area contributed by atoms with E-state index in [0.29, 0.717) is 0 Å². The van der Waals surface area contributed by atoms with Crippen molar-refractivity contribution in [2.75, 3.05) is 13.1 Å². The SMILES string of the molecule is O=C(N1CC(n2cncn2)C1)C1(c2ccccc2)CC1. The Morgan fingerprint density at radius 1 is 1.20 bits per heavy atom. The maximum atomic E-state index is 12.7. The second kappa shape index (κ2) is 4.16. The first-order valence-corrected chi connectivity index (χ1v) is 6.99. The molecule has 0 spiro atoms. The van der Waals surface area contributed by atoms with Crippen LogP contribution in [0.2, 0.25) is 0 Å². The molecule has 2 heterocycles. The minimum Gasteiger partial charge on any atom is -0.337 e. The minimum atomic E-state index is -0.241. The highest BCUT2D eigenvalue weighted by atomic mass is 16.2. The summed E-state index contributed by atoms with van der Waals surface area (Å²) in [5.74, 6) is 0.278. The van der Waals surface area contributed by atoms with Gasteiger partial charge in [-0.15, -0.1) is 0 Å². The van der Waals surface area contributed by atoms with Gasteiger partial charge in [-0.2, -0.15) is 5.10 Å². The lowest BCUT2D eigenvalue weighted by Gasteiger charge is -2.41. The van der Waals surface area contributed by atoms with Gasteiger partial charge in [0.1, 0.15) is 12.7 Å². The molecule has 1 aliphatic carbocycles. The predicted octanol–water partition coefficient (Wildman–Crippen LogP) is 1.39. The van der Waals surface area contributed by atoms with Crippen molar-refractivity contribution >= 4 is 5.91 Å². The van der Waals surface area contributed by atoms with Crippen LogP contribution in [0.1, 0.15) is 24.4 Å². The number of hydrogen-bond donors (Lipinski definition) is 0. The van der Waals surface area contributed by atoms with Gasteiger partial charge < -0.3 is 4.90 Å². The van der Waals surface area contributed by atoms with E-state index in [-0.39, 0.29) is 17.4 Å². The first kappa shape index (κ1) is 11.6. The fraction of sp³-hybridized carbons (Fsp3) is 0.400.